The standard InChI is InChI=1S/C26H38O2S2/c1-16(29-17-11-12-22(27)19(13-17)24(2,3)4)30-18-14-20(25(5,6)7)23(28)21(15-18)26(8,9)10/h11-16,27-28H,1-10H3. The molecule has 0 aliphatic rings. The molecular weight excluding hydrogens is 408 g/mol. The van der Waals surface area contributed by atoms with Gasteiger partial charge in [0.1, 0.15) is 11.5 Å². The third-order valence-electron chi connectivity index (χ3n) is 5.08. The molecule has 2 aromatic rings. The molecule has 0 saturated heterocycles. The molecule has 2 rings (SSSR count). The van der Waals surface area contributed by atoms with Crippen molar-refractivity contribution in [1.29, 1.82) is 0 Å². The van der Waals surface area contributed by atoms with Crippen LogP contribution in [-0.4, -0.2) is 14.8 Å². The fourth-order valence-corrected chi connectivity index (χ4v) is 5.75. The minimum Gasteiger partial charge on any atom is -0.508 e. The number of phenols is 2. The van der Waals surface area contributed by atoms with E-state index in [0.717, 1.165) is 21.6 Å². The van der Waals surface area contributed by atoms with Gasteiger partial charge in [-0.1, -0.05) is 62.3 Å². The second kappa shape index (κ2) is 8.70. The highest BCUT2D eigenvalue weighted by atomic mass is 32.2. The normalized spacial score (nSPS) is 14.1. The van der Waals surface area contributed by atoms with E-state index in [0.29, 0.717) is 11.5 Å². The molecule has 1 unspecified atom stereocenters. The molecule has 166 valence electrons. The van der Waals surface area contributed by atoms with E-state index in [-0.39, 0.29) is 20.8 Å². The molecule has 0 saturated carbocycles. The predicted molar refractivity (Wildman–Crippen MR) is 133 cm³/mol. The van der Waals surface area contributed by atoms with Gasteiger partial charge in [0.05, 0.1) is 4.58 Å². The number of rotatable bonds is 4. The molecule has 0 bridgehead atoms. The quantitative estimate of drug-likeness (QED) is 0.366. The van der Waals surface area contributed by atoms with E-state index in [1.807, 2.05) is 17.8 Å². The van der Waals surface area contributed by atoms with Crippen LogP contribution in [0, 0.1) is 0 Å². The van der Waals surface area contributed by atoms with Crippen molar-refractivity contribution in [3.8, 4) is 11.5 Å². The summed E-state index contributed by atoms with van der Waals surface area (Å²) in [4.78, 5) is 2.33. The third-order valence-corrected chi connectivity index (χ3v) is 7.35. The van der Waals surface area contributed by atoms with Crippen LogP contribution in [0.2, 0.25) is 0 Å². The van der Waals surface area contributed by atoms with E-state index in [2.05, 4.69) is 87.4 Å². The summed E-state index contributed by atoms with van der Waals surface area (Å²) in [6.45, 7) is 21.4. The Bertz CT molecular complexity index is 862. The van der Waals surface area contributed by atoms with Crippen LogP contribution >= 0.6 is 23.5 Å². The minimum atomic E-state index is -0.129. The van der Waals surface area contributed by atoms with E-state index in [1.54, 1.807) is 17.8 Å². The first-order valence-electron chi connectivity index (χ1n) is 10.5. The average molecular weight is 447 g/mol. The third kappa shape index (κ3) is 6.13. The lowest BCUT2D eigenvalue weighted by molar-refractivity contribution is 0.422. The van der Waals surface area contributed by atoms with E-state index in [9.17, 15) is 10.2 Å². The number of thioether (sulfide) groups is 2. The van der Waals surface area contributed by atoms with E-state index < -0.39 is 0 Å². The van der Waals surface area contributed by atoms with Crippen molar-refractivity contribution in [3.63, 3.8) is 0 Å². The highest BCUT2D eigenvalue weighted by Gasteiger charge is 2.27. The van der Waals surface area contributed by atoms with Gasteiger partial charge >= 0.3 is 0 Å². The van der Waals surface area contributed by atoms with E-state index >= 15 is 0 Å². The molecule has 1 atom stereocenters. The highest BCUT2D eigenvalue weighted by Crippen LogP contribution is 2.44. The smallest absolute Gasteiger partial charge is 0.123 e. The molecule has 0 aromatic heterocycles. The molecule has 0 aliphatic carbocycles. The summed E-state index contributed by atoms with van der Waals surface area (Å²) in [7, 11) is 0. The monoisotopic (exact) mass is 446 g/mol. The molecule has 0 amide bonds. The molecule has 0 spiro atoms. The molecular formula is C26H38O2S2. The minimum absolute atomic E-state index is 0.1000. The SMILES string of the molecule is CC(Sc1ccc(O)c(C(C)(C)C)c1)Sc1cc(C(C)(C)C)c(O)c(C(C)(C)C)c1. The Kier molecular flexibility index (Phi) is 7.25. The lowest BCUT2D eigenvalue weighted by Gasteiger charge is -2.28. The summed E-state index contributed by atoms with van der Waals surface area (Å²) in [5.74, 6) is 0.781. The maximum atomic E-state index is 10.9. The Morgan fingerprint density at radius 3 is 1.47 bits per heavy atom. The van der Waals surface area contributed by atoms with E-state index in [4.69, 9.17) is 0 Å². The number of benzene rings is 2. The lowest BCUT2D eigenvalue weighted by atomic mass is 9.79. The van der Waals surface area contributed by atoms with Crippen molar-refractivity contribution in [2.24, 2.45) is 0 Å². The van der Waals surface area contributed by atoms with Crippen molar-refractivity contribution in [1.82, 2.24) is 0 Å². The van der Waals surface area contributed by atoms with Crippen LogP contribution in [0.1, 0.15) is 85.9 Å². The average Bonchev–Trinajstić information content (AvgIpc) is 2.55. The Morgan fingerprint density at radius 2 is 1.03 bits per heavy atom. The Balaban J connectivity index is 2.34. The number of aromatic hydroxyl groups is 2. The number of hydrogen-bond acceptors (Lipinski definition) is 4. The van der Waals surface area contributed by atoms with Crippen molar-refractivity contribution >= 4 is 23.5 Å². The van der Waals surface area contributed by atoms with E-state index in [1.165, 1.54) is 4.90 Å². The zero-order chi connectivity index (χ0) is 23.1. The van der Waals surface area contributed by atoms with Crippen molar-refractivity contribution in [3.05, 3.63) is 47.0 Å². The van der Waals surface area contributed by atoms with Gasteiger partial charge in [-0.25, -0.2) is 0 Å². The fraction of sp³-hybridized carbons (Fsp3) is 0.538. The lowest BCUT2D eigenvalue weighted by Crippen LogP contribution is -2.17. The van der Waals surface area contributed by atoms with Crippen molar-refractivity contribution < 1.29 is 10.2 Å². The van der Waals surface area contributed by atoms with Crippen LogP contribution in [0.5, 0.6) is 11.5 Å². The summed E-state index contributed by atoms with van der Waals surface area (Å²) in [6, 6.07) is 10.2. The summed E-state index contributed by atoms with van der Waals surface area (Å²) in [5, 5.41) is 21.2. The van der Waals surface area contributed by atoms with Crippen LogP contribution in [-0.2, 0) is 16.2 Å². The molecule has 2 nitrogen and oxygen atoms in total. The second-order valence-corrected chi connectivity index (χ2v) is 14.2. The molecule has 2 aromatic carbocycles. The van der Waals surface area contributed by atoms with Crippen LogP contribution in [0.25, 0.3) is 0 Å². The van der Waals surface area contributed by atoms with Gasteiger partial charge in [-0.3, -0.25) is 0 Å². The van der Waals surface area contributed by atoms with Gasteiger partial charge in [0, 0.05) is 26.5 Å². The summed E-state index contributed by atoms with van der Waals surface area (Å²) < 4.78 is 0.285. The number of hydrogen-bond donors (Lipinski definition) is 2. The van der Waals surface area contributed by atoms with Gasteiger partial charge in [0.2, 0.25) is 0 Å². The maximum Gasteiger partial charge on any atom is 0.123 e. The highest BCUT2D eigenvalue weighted by molar-refractivity contribution is 8.17. The molecule has 0 heterocycles. The summed E-state index contributed by atoms with van der Waals surface area (Å²) in [5.41, 5.74) is 2.60. The van der Waals surface area contributed by atoms with Gasteiger partial charge in [0.25, 0.3) is 0 Å². The molecule has 2 N–H and O–H groups in total. The van der Waals surface area contributed by atoms with Crippen molar-refractivity contribution in [2.45, 2.75) is 99.9 Å². The fourth-order valence-electron chi connectivity index (χ4n) is 3.42. The first-order chi connectivity index (χ1) is 13.5. The molecule has 0 aliphatic heterocycles. The van der Waals surface area contributed by atoms with Crippen molar-refractivity contribution in [2.75, 3.05) is 0 Å². The van der Waals surface area contributed by atoms with Gasteiger partial charge in [-0.2, -0.15) is 0 Å². The predicted octanol–water partition coefficient (Wildman–Crippen LogP) is 8.22. The van der Waals surface area contributed by atoms with Gasteiger partial charge < -0.3 is 10.2 Å². The Hall–Kier alpha value is -1.26. The maximum absolute atomic E-state index is 10.9. The van der Waals surface area contributed by atoms with Crippen LogP contribution in [0.15, 0.2) is 40.1 Å². The van der Waals surface area contributed by atoms with Gasteiger partial charge in [-0.05, 0) is 53.5 Å². The van der Waals surface area contributed by atoms with Crippen LogP contribution in [0.3, 0.4) is 0 Å². The largest absolute Gasteiger partial charge is 0.508 e. The first kappa shape index (κ1) is 25.0. The second-order valence-electron chi connectivity index (χ2n) is 11.1. The zero-order valence-corrected chi connectivity index (χ0v) is 21.8. The van der Waals surface area contributed by atoms with Gasteiger partial charge in [0.15, 0.2) is 0 Å². The van der Waals surface area contributed by atoms with Crippen LogP contribution in [0.4, 0.5) is 0 Å². The zero-order valence-electron chi connectivity index (χ0n) is 20.2. The molecule has 30 heavy (non-hydrogen) atoms. The molecule has 0 fully saturated rings. The van der Waals surface area contributed by atoms with Gasteiger partial charge in [-0.15, -0.1) is 23.5 Å². The van der Waals surface area contributed by atoms with Crippen LogP contribution < -0.4 is 0 Å². The topological polar surface area (TPSA) is 40.5 Å². The Labute approximate surface area is 191 Å². The summed E-state index contributed by atoms with van der Waals surface area (Å²) in [6.07, 6.45) is 0. The molecule has 4 heteroatoms. The number of phenolic OH excluding ortho intramolecular Hbond substituents is 2. The molecule has 0 radical (unpaired) electrons. The first-order valence-corrected chi connectivity index (χ1v) is 12.3. The Morgan fingerprint density at radius 1 is 0.633 bits per heavy atom. The summed E-state index contributed by atoms with van der Waals surface area (Å²) >= 11 is 3.61.